The number of carbonyl (C=O) groups is 1. The topological polar surface area (TPSA) is 72.5 Å². The minimum Gasteiger partial charge on any atom is -0.336 e. The van der Waals surface area contributed by atoms with Crippen molar-refractivity contribution < 1.29 is 4.79 Å². The molecule has 0 N–H and O–H groups in total. The predicted octanol–water partition coefficient (Wildman–Crippen LogP) is 1.85. The third kappa shape index (κ3) is 2.83. The van der Waals surface area contributed by atoms with Crippen LogP contribution in [-0.4, -0.2) is 43.1 Å². The van der Waals surface area contributed by atoms with Gasteiger partial charge in [0.05, 0.1) is 17.9 Å². The smallest absolute Gasteiger partial charge is 0.272 e. The Hall–Kier alpha value is -2.96. The van der Waals surface area contributed by atoms with Gasteiger partial charge in [-0.15, -0.1) is 0 Å². The number of likely N-dealkylation sites (tertiary alicyclic amines) is 1. The Kier molecular flexibility index (Phi) is 3.63. The first-order chi connectivity index (χ1) is 13.1. The largest absolute Gasteiger partial charge is 0.336 e. The second kappa shape index (κ2) is 6.04. The first-order valence-electron chi connectivity index (χ1n) is 9.41. The van der Waals surface area contributed by atoms with Gasteiger partial charge in [-0.05, 0) is 38.0 Å². The number of hydrogen-bond acceptors (Lipinski definition) is 4. The second-order valence-electron chi connectivity index (χ2n) is 7.60. The summed E-state index contributed by atoms with van der Waals surface area (Å²) in [6, 6.07) is 9.17. The summed E-state index contributed by atoms with van der Waals surface area (Å²) in [7, 11) is 0. The Morgan fingerprint density at radius 3 is 2.78 bits per heavy atom. The van der Waals surface area contributed by atoms with Crippen LogP contribution in [0.15, 0.2) is 41.3 Å². The Morgan fingerprint density at radius 2 is 2.00 bits per heavy atom. The zero-order valence-corrected chi connectivity index (χ0v) is 15.2. The van der Waals surface area contributed by atoms with Crippen LogP contribution in [-0.2, 0) is 6.54 Å². The zero-order valence-electron chi connectivity index (χ0n) is 15.2. The number of aryl methyl sites for hydroxylation is 1. The third-order valence-corrected chi connectivity index (χ3v) is 5.47. The summed E-state index contributed by atoms with van der Waals surface area (Å²) in [6.07, 6.45) is 4.19. The van der Waals surface area contributed by atoms with E-state index in [2.05, 4.69) is 10.1 Å². The van der Waals surface area contributed by atoms with Crippen LogP contribution in [0.3, 0.4) is 0 Å². The molecule has 1 saturated heterocycles. The van der Waals surface area contributed by atoms with Crippen molar-refractivity contribution in [3.63, 3.8) is 0 Å². The summed E-state index contributed by atoms with van der Waals surface area (Å²) in [5.41, 5.74) is 3.09. The molecule has 0 radical (unpaired) electrons. The summed E-state index contributed by atoms with van der Waals surface area (Å²) < 4.78 is 3.41. The van der Waals surface area contributed by atoms with Gasteiger partial charge in [-0.25, -0.2) is 9.67 Å². The maximum Gasteiger partial charge on any atom is 0.272 e. The molecule has 1 aliphatic carbocycles. The molecule has 4 heterocycles. The molecule has 0 spiro atoms. The highest BCUT2D eigenvalue weighted by Gasteiger charge is 2.34. The van der Waals surface area contributed by atoms with Crippen LogP contribution in [0.25, 0.3) is 5.65 Å². The lowest BCUT2D eigenvalue weighted by Gasteiger charge is -2.39. The average Bonchev–Trinajstić information content (AvgIpc) is 3.40. The van der Waals surface area contributed by atoms with Crippen LogP contribution in [0.1, 0.15) is 40.6 Å². The SMILES string of the molecule is Cc1nc2ccccn2c1C(=O)N1CC(Cn2nc(C3CC3)ccc2=O)C1. The molecule has 1 amide bonds. The molecule has 2 fully saturated rings. The van der Waals surface area contributed by atoms with Crippen molar-refractivity contribution >= 4 is 11.6 Å². The van der Waals surface area contributed by atoms with Crippen LogP contribution < -0.4 is 5.56 Å². The van der Waals surface area contributed by atoms with E-state index < -0.39 is 0 Å². The molecule has 3 aromatic rings. The fourth-order valence-electron chi connectivity index (χ4n) is 3.81. The Labute approximate surface area is 156 Å². The minimum absolute atomic E-state index is 0.00510. The fraction of sp³-hybridized carbons (Fsp3) is 0.400. The summed E-state index contributed by atoms with van der Waals surface area (Å²) >= 11 is 0. The fourth-order valence-corrected chi connectivity index (χ4v) is 3.81. The molecule has 5 rings (SSSR count). The molecule has 1 saturated carbocycles. The number of fused-ring (bicyclic) bond motifs is 1. The molecule has 138 valence electrons. The number of hydrogen-bond donors (Lipinski definition) is 0. The second-order valence-corrected chi connectivity index (χ2v) is 7.60. The highest BCUT2D eigenvalue weighted by Crippen LogP contribution is 2.38. The van der Waals surface area contributed by atoms with Gasteiger partial charge in [0.1, 0.15) is 11.3 Å². The lowest BCUT2D eigenvalue weighted by atomic mass is 9.99. The van der Waals surface area contributed by atoms with Gasteiger partial charge < -0.3 is 4.90 Å². The molecule has 0 aromatic carbocycles. The van der Waals surface area contributed by atoms with Crippen molar-refractivity contribution in [2.24, 2.45) is 5.92 Å². The van der Waals surface area contributed by atoms with Crippen LogP contribution in [0.5, 0.6) is 0 Å². The molecule has 2 aliphatic rings. The summed E-state index contributed by atoms with van der Waals surface area (Å²) in [4.78, 5) is 31.3. The van der Waals surface area contributed by atoms with Crippen molar-refractivity contribution in [3.8, 4) is 0 Å². The molecule has 3 aromatic heterocycles. The molecule has 27 heavy (non-hydrogen) atoms. The van der Waals surface area contributed by atoms with E-state index >= 15 is 0 Å². The van der Waals surface area contributed by atoms with Crippen molar-refractivity contribution in [3.05, 3.63) is 64.0 Å². The van der Waals surface area contributed by atoms with Crippen LogP contribution in [0, 0.1) is 12.8 Å². The van der Waals surface area contributed by atoms with Crippen molar-refractivity contribution in [1.29, 1.82) is 0 Å². The van der Waals surface area contributed by atoms with Gasteiger partial charge in [0.2, 0.25) is 0 Å². The van der Waals surface area contributed by atoms with E-state index in [9.17, 15) is 9.59 Å². The maximum atomic E-state index is 12.9. The number of nitrogens with zero attached hydrogens (tertiary/aromatic N) is 5. The van der Waals surface area contributed by atoms with Gasteiger partial charge in [0, 0.05) is 37.2 Å². The molecule has 0 unspecified atom stereocenters. The third-order valence-electron chi connectivity index (χ3n) is 5.47. The molecule has 1 aliphatic heterocycles. The standard InChI is InChI=1S/C20H21N5O2/c1-13-19(24-9-3-2-4-17(24)21-13)20(27)23-10-14(11-23)12-25-18(26)8-7-16(22-25)15-5-6-15/h2-4,7-9,14-15H,5-6,10-12H2,1H3. The first kappa shape index (κ1) is 16.2. The Bertz CT molecular complexity index is 1090. The van der Waals surface area contributed by atoms with Crippen LogP contribution >= 0.6 is 0 Å². The number of carbonyl (C=O) groups excluding carboxylic acids is 1. The number of pyridine rings is 1. The highest BCUT2D eigenvalue weighted by molar-refractivity contribution is 5.95. The zero-order chi connectivity index (χ0) is 18.5. The van der Waals surface area contributed by atoms with Crippen molar-refractivity contribution in [2.45, 2.75) is 32.2 Å². The van der Waals surface area contributed by atoms with E-state index in [4.69, 9.17) is 0 Å². The summed E-state index contributed by atoms with van der Waals surface area (Å²) in [6.45, 7) is 3.71. The van der Waals surface area contributed by atoms with E-state index in [1.54, 1.807) is 10.7 Å². The van der Waals surface area contributed by atoms with Crippen LogP contribution in [0.2, 0.25) is 0 Å². The lowest BCUT2D eigenvalue weighted by Crippen LogP contribution is -2.52. The van der Waals surface area contributed by atoms with E-state index in [1.807, 2.05) is 46.7 Å². The molecular weight excluding hydrogens is 342 g/mol. The number of aromatic nitrogens is 4. The minimum atomic E-state index is -0.0678. The summed E-state index contributed by atoms with van der Waals surface area (Å²) in [5.74, 6) is 0.775. The van der Waals surface area contributed by atoms with E-state index in [0.717, 1.165) is 29.9 Å². The highest BCUT2D eigenvalue weighted by atomic mass is 16.2. The van der Waals surface area contributed by atoms with Crippen molar-refractivity contribution in [2.75, 3.05) is 13.1 Å². The number of amides is 1. The average molecular weight is 363 g/mol. The van der Waals surface area contributed by atoms with Gasteiger partial charge in [0.15, 0.2) is 0 Å². The number of rotatable bonds is 4. The maximum absolute atomic E-state index is 12.9. The monoisotopic (exact) mass is 363 g/mol. The van der Waals surface area contributed by atoms with E-state index in [-0.39, 0.29) is 17.4 Å². The Morgan fingerprint density at radius 1 is 1.19 bits per heavy atom. The molecule has 0 atom stereocenters. The van der Waals surface area contributed by atoms with Gasteiger partial charge in [-0.1, -0.05) is 6.07 Å². The summed E-state index contributed by atoms with van der Waals surface area (Å²) in [5, 5.41) is 4.52. The molecule has 7 nitrogen and oxygen atoms in total. The quantitative estimate of drug-likeness (QED) is 0.709. The normalized spacial score (nSPS) is 17.3. The molecular formula is C20H21N5O2. The van der Waals surface area contributed by atoms with E-state index in [1.165, 1.54) is 0 Å². The Balaban J connectivity index is 1.29. The first-order valence-corrected chi connectivity index (χ1v) is 9.41. The molecule has 7 heteroatoms. The van der Waals surface area contributed by atoms with E-state index in [0.29, 0.717) is 31.2 Å². The van der Waals surface area contributed by atoms with Gasteiger partial charge in [-0.3, -0.25) is 14.0 Å². The van der Waals surface area contributed by atoms with Crippen molar-refractivity contribution in [1.82, 2.24) is 24.1 Å². The molecule has 0 bridgehead atoms. The van der Waals surface area contributed by atoms with Gasteiger partial charge in [-0.2, -0.15) is 5.10 Å². The number of imidazole rings is 1. The lowest BCUT2D eigenvalue weighted by molar-refractivity contribution is 0.0450. The predicted molar refractivity (Wildman–Crippen MR) is 99.8 cm³/mol. The van der Waals surface area contributed by atoms with Gasteiger partial charge in [0.25, 0.3) is 11.5 Å². The van der Waals surface area contributed by atoms with Gasteiger partial charge >= 0.3 is 0 Å². The van der Waals surface area contributed by atoms with Crippen LogP contribution in [0.4, 0.5) is 0 Å².